The minimum atomic E-state index is -0.773. The van der Waals surface area contributed by atoms with Gasteiger partial charge in [-0.3, -0.25) is 4.79 Å². The maximum Gasteiger partial charge on any atom is 0.306 e. The molecular weight excluding hydrogens is 428 g/mol. The molecule has 6 heteroatoms. The number of hydrogen-bond donors (Lipinski definition) is 2. The normalized spacial score (nSPS) is 18.8. The van der Waals surface area contributed by atoms with Crippen LogP contribution in [0.5, 0.6) is 0 Å². The molecule has 1 aliphatic rings. The van der Waals surface area contributed by atoms with Gasteiger partial charge in [0.05, 0.1) is 16.3 Å². The quantitative estimate of drug-likeness (QED) is 0.161. The van der Waals surface area contributed by atoms with Crippen molar-refractivity contribution in [2.24, 2.45) is 0 Å². The lowest BCUT2D eigenvalue weighted by molar-refractivity contribution is -0.154. The van der Waals surface area contributed by atoms with Gasteiger partial charge in [0.2, 0.25) is 0 Å². The van der Waals surface area contributed by atoms with Crippen molar-refractivity contribution < 1.29 is 19.7 Å². The summed E-state index contributed by atoms with van der Waals surface area (Å²) in [5.74, 6) is 2.21. The topological polar surface area (TPSA) is 66.8 Å². The predicted octanol–water partition coefficient (Wildman–Crippen LogP) is 6.48. The monoisotopic (exact) mass is 474 g/mol. The number of aliphatic hydroxyl groups excluding tert-OH is 2. The second-order valence-electron chi connectivity index (χ2n) is 9.63. The molecule has 0 radical (unpaired) electrons. The largest absolute Gasteiger partial charge is 0.460 e. The van der Waals surface area contributed by atoms with Crippen molar-refractivity contribution >= 4 is 29.5 Å². The van der Waals surface area contributed by atoms with Crippen LogP contribution < -0.4 is 0 Å². The Morgan fingerprint density at radius 2 is 1.68 bits per heavy atom. The van der Waals surface area contributed by atoms with Gasteiger partial charge in [-0.1, -0.05) is 64.0 Å². The van der Waals surface area contributed by atoms with Crippen LogP contribution in [0.25, 0.3) is 0 Å². The van der Waals surface area contributed by atoms with E-state index in [-0.39, 0.29) is 10.0 Å². The molecule has 0 bridgehead atoms. The van der Waals surface area contributed by atoms with Gasteiger partial charge in [-0.15, -0.1) is 23.5 Å². The summed E-state index contributed by atoms with van der Waals surface area (Å²) in [4.78, 5) is 11.8. The second kappa shape index (κ2) is 15.6. The Bertz CT molecular complexity index is 510. The lowest BCUT2D eigenvalue weighted by Crippen LogP contribution is -2.27. The first-order valence-corrected chi connectivity index (χ1v) is 14.2. The molecule has 1 fully saturated rings. The van der Waals surface area contributed by atoms with E-state index >= 15 is 0 Å². The summed E-state index contributed by atoms with van der Waals surface area (Å²) in [6, 6.07) is 0. The summed E-state index contributed by atoms with van der Waals surface area (Å²) in [5.41, 5.74) is -0.395. The molecule has 0 aromatic heterocycles. The molecule has 0 spiro atoms. The molecule has 31 heavy (non-hydrogen) atoms. The molecule has 0 unspecified atom stereocenters. The molecular formula is C25H46O4S2. The van der Waals surface area contributed by atoms with Gasteiger partial charge in [0.15, 0.2) is 0 Å². The number of unbranched alkanes of at least 4 members (excludes halogenated alkanes) is 6. The van der Waals surface area contributed by atoms with Crippen LogP contribution in [0.2, 0.25) is 0 Å². The van der Waals surface area contributed by atoms with Crippen LogP contribution >= 0.6 is 23.5 Å². The average Bonchev–Trinajstić information content (AvgIpc) is 2.71. The Kier molecular flexibility index (Phi) is 14.6. The summed E-state index contributed by atoms with van der Waals surface area (Å²) < 4.78 is 5.38. The number of esters is 1. The highest BCUT2D eigenvalue weighted by molar-refractivity contribution is 8.19. The van der Waals surface area contributed by atoms with Crippen LogP contribution in [0.4, 0.5) is 0 Å². The van der Waals surface area contributed by atoms with Gasteiger partial charge in [0.1, 0.15) is 5.60 Å². The molecule has 4 nitrogen and oxygen atoms in total. The van der Waals surface area contributed by atoms with Crippen molar-refractivity contribution in [3.05, 3.63) is 12.2 Å². The molecule has 1 rings (SSSR count). The average molecular weight is 475 g/mol. The third-order valence-corrected chi connectivity index (χ3v) is 8.70. The van der Waals surface area contributed by atoms with Gasteiger partial charge < -0.3 is 14.9 Å². The number of ether oxygens (including phenoxy) is 1. The van der Waals surface area contributed by atoms with Crippen LogP contribution in [-0.4, -0.2) is 49.6 Å². The maximum atomic E-state index is 11.8. The van der Waals surface area contributed by atoms with Crippen LogP contribution in [0, 0.1) is 0 Å². The summed E-state index contributed by atoms with van der Waals surface area (Å²) in [7, 11) is 0. The van der Waals surface area contributed by atoms with Crippen LogP contribution in [-0.2, 0) is 9.53 Å². The summed E-state index contributed by atoms with van der Waals surface area (Å²) >= 11 is 3.97. The zero-order valence-corrected chi connectivity index (χ0v) is 21.9. The highest BCUT2D eigenvalue weighted by Crippen LogP contribution is 2.47. The Morgan fingerprint density at radius 3 is 2.32 bits per heavy atom. The van der Waals surface area contributed by atoms with E-state index in [9.17, 15) is 15.0 Å². The van der Waals surface area contributed by atoms with Gasteiger partial charge in [0.25, 0.3) is 0 Å². The van der Waals surface area contributed by atoms with Crippen molar-refractivity contribution in [2.45, 2.75) is 127 Å². The Morgan fingerprint density at radius 1 is 1.03 bits per heavy atom. The molecule has 1 aliphatic heterocycles. The SMILES string of the molecule is CCCCC[C@H](O)[C@@H](O)C=CC1(CCCCCCCC(=O)OC(C)(C)C)SCCCS1. The van der Waals surface area contributed by atoms with Crippen molar-refractivity contribution in [3.8, 4) is 0 Å². The smallest absolute Gasteiger partial charge is 0.306 e. The van der Waals surface area contributed by atoms with E-state index in [1.54, 1.807) is 0 Å². The number of thioether (sulfide) groups is 2. The summed E-state index contributed by atoms with van der Waals surface area (Å²) in [6.45, 7) is 7.86. The van der Waals surface area contributed by atoms with E-state index in [0.717, 1.165) is 69.3 Å². The molecule has 0 amide bonds. The Hall–Kier alpha value is -0.170. The van der Waals surface area contributed by atoms with Crippen LogP contribution in [0.3, 0.4) is 0 Å². The molecule has 0 aromatic rings. The highest BCUT2D eigenvalue weighted by Gasteiger charge is 2.31. The lowest BCUT2D eigenvalue weighted by atomic mass is 10.0. The van der Waals surface area contributed by atoms with Gasteiger partial charge >= 0.3 is 5.97 Å². The second-order valence-corrected chi connectivity index (χ2v) is 12.7. The first-order valence-electron chi connectivity index (χ1n) is 12.2. The number of rotatable bonds is 15. The van der Waals surface area contributed by atoms with E-state index in [4.69, 9.17) is 4.74 Å². The molecule has 0 saturated carbocycles. The summed E-state index contributed by atoms with van der Waals surface area (Å²) in [6.07, 6.45) is 14.6. The van der Waals surface area contributed by atoms with E-state index < -0.39 is 17.8 Å². The molecule has 1 heterocycles. The number of aliphatic hydroxyl groups is 2. The minimum absolute atomic E-state index is 0.0267. The Labute approximate surface area is 199 Å². The van der Waals surface area contributed by atoms with Crippen molar-refractivity contribution in [2.75, 3.05) is 11.5 Å². The molecule has 0 aliphatic carbocycles. The maximum absolute atomic E-state index is 11.8. The van der Waals surface area contributed by atoms with Gasteiger partial charge in [-0.25, -0.2) is 0 Å². The molecule has 0 aromatic carbocycles. The van der Waals surface area contributed by atoms with E-state index in [1.165, 1.54) is 6.42 Å². The molecule has 2 N–H and O–H groups in total. The van der Waals surface area contributed by atoms with E-state index in [2.05, 4.69) is 13.0 Å². The third kappa shape index (κ3) is 13.9. The fourth-order valence-electron chi connectivity index (χ4n) is 3.63. The van der Waals surface area contributed by atoms with Crippen LogP contribution in [0.15, 0.2) is 12.2 Å². The van der Waals surface area contributed by atoms with Crippen molar-refractivity contribution in [1.29, 1.82) is 0 Å². The fraction of sp³-hybridized carbons (Fsp3) is 0.880. The Balaban J connectivity index is 2.34. The number of hydrogen-bond acceptors (Lipinski definition) is 6. The van der Waals surface area contributed by atoms with Gasteiger partial charge in [0, 0.05) is 6.42 Å². The molecule has 1 saturated heterocycles. The summed E-state index contributed by atoms with van der Waals surface area (Å²) in [5, 5.41) is 20.6. The van der Waals surface area contributed by atoms with Crippen LogP contribution in [0.1, 0.15) is 105 Å². The zero-order valence-electron chi connectivity index (χ0n) is 20.2. The van der Waals surface area contributed by atoms with Crippen molar-refractivity contribution in [1.82, 2.24) is 0 Å². The third-order valence-electron chi connectivity index (χ3n) is 5.35. The molecule has 2 atom stereocenters. The van der Waals surface area contributed by atoms with Crippen molar-refractivity contribution in [3.63, 3.8) is 0 Å². The lowest BCUT2D eigenvalue weighted by Gasteiger charge is -2.34. The number of carbonyl (C=O) groups is 1. The predicted molar refractivity (Wildman–Crippen MR) is 136 cm³/mol. The molecule has 182 valence electrons. The van der Waals surface area contributed by atoms with E-state index in [1.807, 2.05) is 50.4 Å². The first kappa shape index (κ1) is 28.9. The van der Waals surface area contributed by atoms with E-state index in [0.29, 0.717) is 12.8 Å². The highest BCUT2D eigenvalue weighted by atomic mass is 32.2. The fourth-order valence-corrected chi connectivity index (χ4v) is 6.84. The van der Waals surface area contributed by atoms with Gasteiger partial charge in [-0.05, 0) is 58.0 Å². The number of carbonyl (C=O) groups excluding carboxylic acids is 1. The van der Waals surface area contributed by atoms with Gasteiger partial charge in [-0.2, -0.15) is 0 Å². The first-order chi connectivity index (χ1) is 14.7. The zero-order chi connectivity index (χ0) is 23.2. The minimum Gasteiger partial charge on any atom is -0.460 e. The standard InChI is InChI=1S/C25H46O4S2/c1-5-6-10-14-21(26)22(27)16-18-25(30-19-13-20-31-25)17-12-9-7-8-11-15-23(28)29-24(2,3)4/h16,18,21-22,26-27H,5-15,17,19-20H2,1-4H3/t21-,22-/m0/s1.